The molecule has 1 saturated carbocycles. The van der Waals surface area contributed by atoms with Crippen LogP contribution in [0.15, 0.2) is 5.10 Å². The van der Waals surface area contributed by atoms with Crippen molar-refractivity contribution in [3.63, 3.8) is 0 Å². The zero-order chi connectivity index (χ0) is 17.5. The molecule has 0 spiro atoms. The molecule has 2 fully saturated rings. The highest BCUT2D eigenvalue weighted by Gasteiger charge is 2.35. The highest BCUT2D eigenvalue weighted by molar-refractivity contribution is 5.85. The smallest absolute Gasteiger partial charge is 0.308 e. The fourth-order valence-electron chi connectivity index (χ4n) is 4.18. The molecule has 0 aromatic heterocycles. The van der Waals surface area contributed by atoms with Crippen LogP contribution in [0.4, 0.5) is 0 Å². The molecule has 5 nitrogen and oxygen atoms in total. The Morgan fingerprint density at radius 1 is 1.21 bits per heavy atom. The Morgan fingerprint density at radius 2 is 2.00 bits per heavy atom. The first kappa shape index (κ1) is 19.2. The molecule has 1 aliphatic carbocycles. The number of rotatable bonds is 8. The van der Waals surface area contributed by atoms with Crippen molar-refractivity contribution in [1.29, 1.82) is 0 Å². The van der Waals surface area contributed by atoms with Crippen LogP contribution in [0.5, 0.6) is 0 Å². The Balaban J connectivity index is 2.07. The van der Waals surface area contributed by atoms with Crippen molar-refractivity contribution in [3.05, 3.63) is 0 Å². The van der Waals surface area contributed by atoms with Gasteiger partial charge in [-0.15, -0.1) is 0 Å². The van der Waals surface area contributed by atoms with Gasteiger partial charge in [0.05, 0.1) is 25.7 Å². The molecular weight excluding hydrogens is 304 g/mol. The van der Waals surface area contributed by atoms with Gasteiger partial charge < -0.3 is 9.47 Å². The highest BCUT2D eigenvalue weighted by atomic mass is 16.5. The van der Waals surface area contributed by atoms with Crippen LogP contribution in [0, 0.1) is 17.8 Å². The molecule has 2 rings (SSSR count). The molecule has 3 atom stereocenters. The van der Waals surface area contributed by atoms with E-state index in [9.17, 15) is 4.79 Å². The van der Waals surface area contributed by atoms with Crippen molar-refractivity contribution < 1.29 is 14.3 Å². The van der Waals surface area contributed by atoms with Gasteiger partial charge in [-0.2, -0.15) is 5.10 Å². The Hall–Kier alpha value is -1.10. The molecule has 138 valence electrons. The van der Waals surface area contributed by atoms with Gasteiger partial charge in [0, 0.05) is 19.4 Å². The maximum absolute atomic E-state index is 12.0. The summed E-state index contributed by atoms with van der Waals surface area (Å²) >= 11 is 0. The topological polar surface area (TPSA) is 51.1 Å². The predicted molar refractivity (Wildman–Crippen MR) is 96.0 cm³/mol. The van der Waals surface area contributed by atoms with Gasteiger partial charge >= 0.3 is 5.97 Å². The highest BCUT2D eigenvalue weighted by Crippen LogP contribution is 2.36. The zero-order valence-corrected chi connectivity index (χ0v) is 15.8. The molecule has 0 aromatic rings. The molecule has 0 N–H and O–H groups in total. The SMILES string of the molecule is COC[C@@H]1CCCN1/N=C(/CC(C)C)C[C@H]1CCC[C@@H]1C(=O)OC. The Morgan fingerprint density at radius 3 is 2.67 bits per heavy atom. The maximum atomic E-state index is 12.0. The fourth-order valence-corrected chi connectivity index (χ4v) is 4.18. The number of carbonyl (C=O) groups excluding carboxylic acids is 1. The van der Waals surface area contributed by atoms with Crippen LogP contribution in [-0.2, 0) is 14.3 Å². The van der Waals surface area contributed by atoms with Gasteiger partial charge in [-0.25, -0.2) is 0 Å². The molecule has 0 radical (unpaired) electrons. The molecule has 1 heterocycles. The van der Waals surface area contributed by atoms with Gasteiger partial charge in [0.1, 0.15) is 0 Å². The van der Waals surface area contributed by atoms with E-state index in [1.165, 1.54) is 19.2 Å². The van der Waals surface area contributed by atoms with Crippen LogP contribution in [0.2, 0.25) is 0 Å². The first-order valence-electron chi connectivity index (χ1n) is 9.44. The summed E-state index contributed by atoms with van der Waals surface area (Å²) in [5, 5.41) is 7.24. The average Bonchev–Trinajstić information content (AvgIpc) is 3.16. The predicted octanol–water partition coefficient (Wildman–Crippen LogP) is 3.48. The lowest BCUT2D eigenvalue weighted by molar-refractivity contribution is -0.146. The Bertz CT molecular complexity index is 436. The first-order valence-corrected chi connectivity index (χ1v) is 9.44. The number of ether oxygens (including phenoxy) is 2. The molecule has 1 saturated heterocycles. The molecule has 2 aliphatic rings. The fraction of sp³-hybridized carbons (Fsp3) is 0.895. The minimum Gasteiger partial charge on any atom is -0.469 e. The lowest BCUT2D eigenvalue weighted by Gasteiger charge is -2.25. The summed E-state index contributed by atoms with van der Waals surface area (Å²) in [7, 11) is 3.26. The number of carbonyl (C=O) groups is 1. The van der Waals surface area contributed by atoms with E-state index in [4.69, 9.17) is 14.6 Å². The second-order valence-corrected chi connectivity index (χ2v) is 7.70. The van der Waals surface area contributed by atoms with E-state index in [1.807, 2.05) is 0 Å². The van der Waals surface area contributed by atoms with Crippen molar-refractivity contribution >= 4 is 11.7 Å². The number of hydrogen-bond acceptors (Lipinski definition) is 5. The summed E-state index contributed by atoms with van der Waals surface area (Å²) in [5.41, 5.74) is 1.24. The quantitative estimate of drug-likeness (QED) is 0.502. The monoisotopic (exact) mass is 338 g/mol. The van der Waals surface area contributed by atoms with Crippen molar-refractivity contribution in [2.75, 3.05) is 27.4 Å². The molecule has 24 heavy (non-hydrogen) atoms. The maximum Gasteiger partial charge on any atom is 0.308 e. The number of esters is 1. The van der Waals surface area contributed by atoms with Crippen LogP contribution in [0.3, 0.4) is 0 Å². The second-order valence-electron chi connectivity index (χ2n) is 7.70. The largest absolute Gasteiger partial charge is 0.469 e. The van der Waals surface area contributed by atoms with E-state index in [1.54, 1.807) is 7.11 Å². The number of methoxy groups -OCH3 is 2. The van der Waals surface area contributed by atoms with E-state index in [0.29, 0.717) is 17.9 Å². The molecular formula is C19H34N2O3. The second kappa shape index (κ2) is 9.40. The van der Waals surface area contributed by atoms with Gasteiger partial charge in [-0.05, 0) is 50.4 Å². The van der Waals surface area contributed by atoms with E-state index in [-0.39, 0.29) is 11.9 Å². The summed E-state index contributed by atoms with van der Waals surface area (Å²) in [5.74, 6) is 0.976. The Labute approximate surface area is 146 Å². The van der Waals surface area contributed by atoms with Crippen LogP contribution in [0.1, 0.15) is 58.8 Å². The minimum absolute atomic E-state index is 0.0418. The molecule has 0 amide bonds. The minimum atomic E-state index is -0.0418. The molecule has 0 aromatic carbocycles. The number of nitrogens with zero attached hydrogens (tertiary/aromatic N) is 2. The Kier molecular flexibility index (Phi) is 7.53. The van der Waals surface area contributed by atoms with E-state index in [2.05, 4.69) is 18.9 Å². The summed E-state index contributed by atoms with van der Waals surface area (Å²) in [6, 6.07) is 0.400. The average molecular weight is 338 g/mol. The molecule has 1 aliphatic heterocycles. The van der Waals surface area contributed by atoms with Crippen LogP contribution in [-0.4, -0.2) is 50.1 Å². The third-order valence-corrected chi connectivity index (χ3v) is 5.28. The van der Waals surface area contributed by atoms with Crippen molar-refractivity contribution in [2.45, 2.75) is 64.8 Å². The molecule has 0 unspecified atom stereocenters. The summed E-state index contributed by atoms with van der Waals surface area (Å²) < 4.78 is 10.3. The first-order chi connectivity index (χ1) is 11.5. The molecule has 5 heteroatoms. The van der Waals surface area contributed by atoms with Gasteiger partial charge in [0.2, 0.25) is 0 Å². The zero-order valence-electron chi connectivity index (χ0n) is 15.8. The van der Waals surface area contributed by atoms with Crippen LogP contribution < -0.4 is 0 Å². The lowest BCUT2D eigenvalue weighted by atomic mass is 9.88. The van der Waals surface area contributed by atoms with Crippen molar-refractivity contribution in [1.82, 2.24) is 5.01 Å². The third-order valence-electron chi connectivity index (χ3n) is 5.28. The van der Waals surface area contributed by atoms with Crippen molar-refractivity contribution in [2.24, 2.45) is 22.9 Å². The molecule has 0 bridgehead atoms. The van der Waals surface area contributed by atoms with Gasteiger partial charge in [-0.1, -0.05) is 20.3 Å². The number of hydrogen-bond donors (Lipinski definition) is 0. The van der Waals surface area contributed by atoms with Crippen molar-refractivity contribution in [3.8, 4) is 0 Å². The van der Waals surface area contributed by atoms with E-state index < -0.39 is 0 Å². The summed E-state index contributed by atoms with van der Waals surface area (Å²) in [4.78, 5) is 12.0. The third kappa shape index (κ3) is 5.20. The van der Waals surface area contributed by atoms with E-state index in [0.717, 1.165) is 51.7 Å². The van der Waals surface area contributed by atoms with Crippen LogP contribution in [0.25, 0.3) is 0 Å². The lowest BCUT2D eigenvalue weighted by Crippen LogP contribution is -2.30. The summed E-state index contributed by atoms with van der Waals surface area (Å²) in [6.45, 7) is 6.23. The van der Waals surface area contributed by atoms with Crippen LogP contribution >= 0.6 is 0 Å². The standard InChI is InChI=1S/C19H34N2O3/c1-14(2)11-16(20-21-10-6-8-17(21)13-23-3)12-15-7-5-9-18(15)19(22)24-4/h14-15,17-18H,5-13H2,1-4H3/b20-16-/t15-,17+,18+/m1/s1. The van der Waals surface area contributed by atoms with Gasteiger partial charge in [-0.3, -0.25) is 9.80 Å². The normalized spacial score (nSPS) is 28.0. The number of hydrazone groups is 1. The van der Waals surface area contributed by atoms with Gasteiger partial charge in [0.15, 0.2) is 0 Å². The summed E-state index contributed by atoms with van der Waals surface area (Å²) in [6.07, 6.45) is 7.45. The van der Waals surface area contributed by atoms with Gasteiger partial charge in [0.25, 0.3) is 0 Å². The van der Waals surface area contributed by atoms with E-state index >= 15 is 0 Å².